The smallest absolute Gasteiger partial charge is 0.168 e. The lowest BCUT2D eigenvalue weighted by molar-refractivity contribution is 1.12. The first-order valence-electron chi connectivity index (χ1n) is 9.18. The fourth-order valence-corrected chi connectivity index (χ4v) is 3.14. The number of anilines is 1. The number of nitrogens with two attached hydrogens (primary N) is 2. The maximum Gasteiger partial charge on any atom is 0.168 e. The highest BCUT2D eigenvalue weighted by Crippen LogP contribution is 2.23. The lowest BCUT2D eigenvalue weighted by atomic mass is 10.0. The van der Waals surface area contributed by atoms with Gasteiger partial charge >= 0.3 is 0 Å². The number of benzene rings is 1. The summed E-state index contributed by atoms with van der Waals surface area (Å²) >= 11 is 0. The summed E-state index contributed by atoms with van der Waals surface area (Å²) in [4.78, 5) is 13.0. The third-order valence-electron chi connectivity index (χ3n) is 4.69. The summed E-state index contributed by atoms with van der Waals surface area (Å²) < 4.78 is 0. The first kappa shape index (κ1) is 18.4. The molecule has 0 aliphatic heterocycles. The normalized spacial score (nSPS) is 11.6. The number of pyridine rings is 3. The SMILES string of the molecule is Cc1cc(-c2ccc(CNc3nccc4cc(/C(N)=N/N)ncc34)cc2)ccn1. The fraction of sp³-hybridized carbons (Fsp3) is 0.0909. The van der Waals surface area contributed by atoms with Crippen molar-refractivity contribution in [1.82, 2.24) is 15.0 Å². The Labute approximate surface area is 168 Å². The Morgan fingerprint density at radius 1 is 0.966 bits per heavy atom. The van der Waals surface area contributed by atoms with E-state index in [1.165, 1.54) is 5.56 Å². The summed E-state index contributed by atoms with van der Waals surface area (Å²) in [5.74, 6) is 6.20. The van der Waals surface area contributed by atoms with Crippen molar-refractivity contribution in [2.75, 3.05) is 5.32 Å². The van der Waals surface area contributed by atoms with Gasteiger partial charge in [0.05, 0.1) is 0 Å². The first-order valence-corrected chi connectivity index (χ1v) is 9.18. The topological polar surface area (TPSA) is 115 Å². The molecule has 4 rings (SSSR count). The van der Waals surface area contributed by atoms with Crippen LogP contribution in [0, 0.1) is 6.92 Å². The Balaban J connectivity index is 1.52. The lowest BCUT2D eigenvalue weighted by Gasteiger charge is -2.10. The molecule has 0 fully saturated rings. The minimum atomic E-state index is 0.197. The van der Waals surface area contributed by atoms with Crippen LogP contribution in [0.2, 0.25) is 0 Å². The number of amidine groups is 1. The Morgan fingerprint density at radius 2 is 1.76 bits per heavy atom. The van der Waals surface area contributed by atoms with Gasteiger partial charge in [-0.3, -0.25) is 9.97 Å². The Bertz CT molecular complexity index is 1180. The van der Waals surface area contributed by atoms with Crippen LogP contribution in [0.4, 0.5) is 5.82 Å². The largest absolute Gasteiger partial charge is 0.380 e. The van der Waals surface area contributed by atoms with Crippen molar-refractivity contribution in [3.8, 4) is 11.1 Å². The average molecular weight is 383 g/mol. The van der Waals surface area contributed by atoms with E-state index in [2.05, 4.69) is 55.7 Å². The number of fused-ring (bicyclic) bond motifs is 1. The summed E-state index contributed by atoms with van der Waals surface area (Å²) in [5, 5.41) is 8.75. The van der Waals surface area contributed by atoms with E-state index < -0.39 is 0 Å². The van der Waals surface area contributed by atoms with Crippen molar-refractivity contribution in [3.05, 3.63) is 84.1 Å². The predicted octanol–water partition coefficient (Wildman–Crippen LogP) is 3.19. The van der Waals surface area contributed by atoms with Gasteiger partial charge in [0.1, 0.15) is 11.5 Å². The quantitative estimate of drug-likeness (QED) is 0.211. The predicted molar refractivity (Wildman–Crippen MR) is 116 cm³/mol. The number of rotatable bonds is 5. The van der Waals surface area contributed by atoms with Crippen LogP contribution in [0.1, 0.15) is 17.0 Å². The number of nitrogens with one attached hydrogen (secondary N) is 1. The van der Waals surface area contributed by atoms with Crippen LogP contribution in [-0.4, -0.2) is 20.8 Å². The number of hydrazone groups is 1. The van der Waals surface area contributed by atoms with Crippen molar-refractivity contribution in [2.45, 2.75) is 13.5 Å². The second-order valence-electron chi connectivity index (χ2n) is 6.70. The molecule has 0 aliphatic carbocycles. The summed E-state index contributed by atoms with van der Waals surface area (Å²) in [6, 6.07) is 16.3. The highest BCUT2D eigenvalue weighted by Gasteiger charge is 2.07. The monoisotopic (exact) mass is 383 g/mol. The van der Waals surface area contributed by atoms with E-state index in [-0.39, 0.29) is 5.84 Å². The maximum atomic E-state index is 5.75. The van der Waals surface area contributed by atoms with E-state index >= 15 is 0 Å². The zero-order chi connectivity index (χ0) is 20.2. The van der Waals surface area contributed by atoms with Crippen molar-refractivity contribution in [1.29, 1.82) is 0 Å². The molecule has 7 nitrogen and oxygen atoms in total. The van der Waals surface area contributed by atoms with Gasteiger partial charge in [-0.15, -0.1) is 0 Å². The fourth-order valence-electron chi connectivity index (χ4n) is 3.14. The lowest BCUT2D eigenvalue weighted by Crippen LogP contribution is -2.17. The minimum Gasteiger partial charge on any atom is -0.380 e. The molecule has 0 spiro atoms. The van der Waals surface area contributed by atoms with E-state index in [0.29, 0.717) is 12.2 Å². The number of aromatic nitrogens is 3. The van der Waals surface area contributed by atoms with Crippen LogP contribution >= 0.6 is 0 Å². The molecule has 0 amide bonds. The van der Waals surface area contributed by atoms with Gasteiger partial charge in [0.25, 0.3) is 0 Å². The van der Waals surface area contributed by atoms with Crippen molar-refractivity contribution < 1.29 is 0 Å². The molecule has 4 aromatic rings. The second kappa shape index (κ2) is 7.93. The number of hydrogen-bond donors (Lipinski definition) is 3. The van der Waals surface area contributed by atoms with Crippen LogP contribution in [0.5, 0.6) is 0 Å². The Kier molecular flexibility index (Phi) is 5.03. The van der Waals surface area contributed by atoms with Crippen molar-refractivity contribution >= 4 is 22.4 Å². The molecule has 5 N–H and O–H groups in total. The molecule has 0 atom stereocenters. The molecule has 0 unspecified atom stereocenters. The van der Waals surface area contributed by atoms with Gasteiger partial charge in [-0.25, -0.2) is 4.98 Å². The molecule has 0 radical (unpaired) electrons. The standard InChI is InChI=1S/C22H21N7/c1-14-10-17(6-8-25-14)16-4-2-15(3-5-16)12-28-22-19-13-27-20(21(23)29-24)11-18(19)7-9-26-22/h2-11,13H,12,24H2,1H3,(H2,23,29)(H,26,28). The molecule has 0 aliphatic rings. The van der Waals surface area contributed by atoms with Gasteiger partial charge in [-0.1, -0.05) is 24.3 Å². The second-order valence-corrected chi connectivity index (χ2v) is 6.70. The third kappa shape index (κ3) is 3.98. The van der Waals surface area contributed by atoms with E-state index in [9.17, 15) is 0 Å². The van der Waals surface area contributed by atoms with Crippen LogP contribution in [-0.2, 0) is 6.54 Å². The molecule has 3 aromatic heterocycles. The van der Waals surface area contributed by atoms with Crippen LogP contribution in [0.25, 0.3) is 21.9 Å². The van der Waals surface area contributed by atoms with Gasteiger partial charge in [-0.2, -0.15) is 5.10 Å². The first-order chi connectivity index (χ1) is 14.1. The highest BCUT2D eigenvalue weighted by molar-refractivity contribution is 6.00. The summed E-state index contributed by atoms with van der Waals surface area (Å²) in [6.45, 7) is 2.64. The summed E-state index contributed by atoms with van der Waals surface area (Å²) in [5.41, 5.74) is 10.8. The van der Waals surface area contributed by atoms with Crippen LogP contribution in [0.3, 0.4) is 0 Å². The molecule has 7 heteroatoms. The van der Waals surface area contributed by atoms with Gasteiger partial charge < -0.3 is 16.9 Å². The van der Waals surface area contributed by atoms with Crippen molar-refractivity contribution in [3.63, 3.8) is 0 Å². The van der Waals surface area contributed by atoms with E-state index in [1.54, 1.807) is 12.4 Å². The molecular weight excluding hydrogens is 362 g/mol. The number of nitrogens with zero attached hydrogens (tertiary/aromatic N) is 4. The Hall–Kier alpha value is -4.00. The van der Waals surface area contributed by atoms with Crippen LogP contribution in [0.15, 0.2) is 72.2 Å². The van der Waals surface area contributed by atoms with E-state index in [1.807, 2.05) is 31.3 Å². The highest BCUT2D eigenvalue weighted by atomic mass is 15.2. The molecular formula is C22H21N7. The molecule has 0 saturated heterocycles. The van der Waals surface area contributed by atoms with Gasteiger partial charge in [-0.05, 0) is 53.3 Å². The molecule has 0 bridgehead atoms. The third-order valence-corrected chi connectivity index (χ3v) is 4.69. The Morgan fingerprint density at radius 3 is 2.52 bits per heavy atom. The number of hydrogen-bond acceptors (Lipinski definition) is 6. The number of aryl methyl sites for hydroxylation is 1. The molecule has 3 heterocycles. The van der Waals surface area contributed by atoms with E-state index in [4.69, 9.17) is 11.6 Å². The molecule has 0 saturated carbocycles. The van der Waals surface area contributed by atoms with Gasteiger partial charge in [0.2, 0.25) is 0 Å². The molecule has 29 heavy (non-hydrogen) atoms. The minimum absolute atomic E-state index is 0.197. The van der Waals surface area contributed by atoms with Gasteiger partial charge in [0, 0.05) is 36.2 Å². The van der Waals surface area contributed by atoms with E-state index in [0.717, 1.165) is 33.4 Å². The summed E-state index contributed by atoms with van der Waals surface area (Å²) in [6.07, 6.45) is 5.31. The van der Waals surface area contributed by atoms with Crippen LogP contribution < -0.4 is 16.9 Å². The average Bonchev–Trinajstić information content (AvgIpc) is 2.77. The summed E-state index contributed by atoms with van der Waals surface area (Å²) in [7, 11) is 0. The van der Waals surface area contributed by atoms with Crippen molar-refractivity contribution in [2.24, 2.45) is 16.7 Å². The maximum absolute atomic E-state index is 5.75. The zero-order valence-corrected chi connectivity index (χ0v) is 16.0. The zero-order valence-electron chi connectivity index (χ0n) is 16.0. The molecule has 1 aromatic carbocycles. The van der Waals surface area contributed by atoms with Gasteiger partial charge in [0.15, 0.2) is 5.84 Å². The molecule has 144 valence electrons.